The fourth-order valence-electron chi connectivity index (χ4n) is 2.66. The minimum atomic E-state index is -0.939. The first-order valence-corrected chi connectivity index (χ1v) is 6.85. The lowest BCUT2D eigenvalue weighted by Crippen LogP contribution is -2.52. The minimum Gasteiger partial charge on any atom is -0.394 e. The average molecular weight is 296 g/mol. The third kappa shape index (κ3) is 3.36. The molecule has 2 N–H and O–H groups in total. The molecule has 0 heterocycles. The lowest BCUT2D eigenvalue weighted by atomic mass is 9.82. The maximum Gasteiger partial charge on any atom is 0.272 e. The maximum atomic E-state index is 13.8. The number of aliphatic hydroxyl groups is 1. The second-order valence-electron chi connectivity index (χ2n) is 5.37. The lowest BCUT2D eigenvalue weighted by molar-refractivity contribution is -0.385. The lowest BCUT2D eigenvalue weighted by Gasteiger charge is -2.36. The summed E-state index contributed by atoms with van der Waals surface area (Å²) < 4.78 is 13.8. The van der Waals surface area contributed by atoms with Gasteiger partial charge in [-0.3, -0.25) is 14.9 Å². The predicted molar refractivity (Wildman–Crippen MR) is 73.4 cm³/mol. The van der Waals surface area contributed by atoms with E-state index in [1.165, 1.54) is 0 Å². The van der Waals surface area contributed by atoms with Gasteiger partial charge in [-0.1, -0.05) is 19.3 Å². The maximum absolute atomic E-state index is 13.8. The molecule has 7 heteroatoms. The van der Waals surface area contributed by atoms with Gasteiger partial charge in [-0.05, 0) is 18.9 Å². The number of aliphatic hydroxyl groups excluding tert-OH is 1. The van der Waals surface area contributed by atoms with Crippen LogP contribution in [0.25, 0.3) is 0 Å². The highest BCUT2D eigenvalue weighted by molar-refractivity contribution is 5.95. The van der Waals surface area contributed by atoms with Crippen LogP contribution < -0.4 is 5.32 Å². The summed E-state index contributed by atoms with van der Waals surface area (Å²) >= 11 is 0. The molecule has 1 aromatic carbocycles. The molecule has 114 valence electrons. The zero-order valence-electron chi connectivity index (χ0n) is 11.5. The van der Waals surface area contributed by atoms with Crippen LogP contribution in [-0.4, -0.2) is 28.1 Å². The van der Waals surface area contributed by atoms with E-state index in [0.29, 0.717) is 12.8 Å². The number of nitro groups is 1. The molecule has 1 aliphatic carbocycles. The van der Waals surface area contributed by atoms with Gasteiger partial charge in [0.15, 0.2) is 0 Å². The smallest absolute Gasteiger partial charge is 0.272 e. The number of carbonyl (C=O) groups is 1. The largest absolute Gasteiger partial charge is 0.394 e. The zero-order valence-corrected chi connectivity index (χ0v) is 11.5. The minimum absolute atomic E-state index is 0.201. The molecule has 1 fully saturated rings. The first-order valence-electron chi connectivity index (χ1n) is 6.85. The van der Waals surface area contributed by atoms with E-state index >= 15 is 0 Å². The fourth-order valence-corrected chi connectivity index (χ4v) is 2.66. The Balaban J connectivity index is 2.18. The quantitative estimate of drug-likeness (QED) is 0.657. The molecular formula is C14H17FN2O4. The molecule has 0 aromatic heterocycles. The van der Waals surface area contributed by atoms with Crippen molar-refractivity contribution in [2.75, 3.05) is 6.61 Å². The monoisotopic (exact) mass is 296 g/mol. The van der Waals surface area contributed by atoms with Gasteiger partial charge in [-0.2, -0.15) is 0 Å². The van der Waals surface area contributed by atoms with Gasteiger partial charge in [-0.15, -0.1) is 0 Å². The van der Waals surface area contributed by atoms with Crippen LogP contribution in [0.1, 0.15) is 42.5 Å². The highest BCUT2D eigenvalue weighted by Gasteiger charge is 2.33. The first-order chi connectivity index (χ1) is 9.97. The molecule has 1 aromatic rings. The Hall–Kier alpha value is -2.02. The van der Waals surface area contributed by atoms with Crippen molar-refractivity contribution >= 4 is 11.6 Å². The van der Waals surface area contributed by atoms with Crippen LogP contribution in [0.15, 0.2) is 18.2 Å². The summed E-state index contributed by atoms with van der Waals surface area (Å²) in [7, 11) is 0. The number of benzene rings is 1. The normalized spacial score (nSPS) is 17.2. The molecule has 0 aliphatic heterocycles. The topological polar surface area (TPSA) is 92.5 Å². The number of nitrogens with one attached hydrogen (secondary N) is 1. The summed E-state index contributed by atoms with van der Waals surface area (Å²) in [5, 5.41) is 22.8. The van der Waals surface area contributed by atoms with Crippen LogP contribution in [0.5, 0.6) is 0 Å². The molecule has 0 atom stereocenters. The Morgan fingerprint density at radius 2 is 2.05 bits per heavy atom. The molecule has 21 heavy (non-hydrogen) atoms. The molecule has 0 bridgehead atoms. The van der Waals surface area contributed by atoms with Crippen LogP contribution in [-0.2, 0) is 0 Å². The van der Waals surface area contributed by atoms with E-state index in [1.807, 2.05) is 0 Å². The van der Waals surface area contributed by atoms with Crippen LogP contribution in [0.2, 0.25) is 0 Å². The number of hydrogen-bond donors (Lipinski definition) is 2. The highest BCUT2D eigenvalue weighted by Crippen LogP contribution is 2.28. The third-order valence-electron chi connectivity index (χ3n) is 3.90. The highest BCUT2D eigenvalue weighted by atomic mass is 19.1. The summed E-state index contributed by atoms with van der Waals surface area (Å²) in [6.45, 7) is -0.201. The Bertz CT molecular complexity index is 556. The second kappa shape index (κ2) is 6.17. The Kier molecular flexibility index (Phi) is 4.52. The number of nitrogens with zero attached hydrogens (tertiary/aromatic N) is 1. The molecule has 1 amide bonds. The van der Waals surface area contributed by atoms with Crippen LogP contribution in [0.3, 0.4) is 0 Å². The van der Waals surface area contributed by atoms with Gasteiger partial charge >= 0.3 is 0 Å². The van der Waals surface area contributed by atoms with E-state index in [-0.39, 0.29) is 12.2 Å². The van der Waals surface area contributed by atoms with Gasteiger partial charge in [0.05, 0.1) is 28.7 Å². The molecule has 0 saturated heterocycles. The van der Waals surface area contributed by atoms with Crippen molar-refractivity contribution in [2.45, 2.75) is 37.6 Å². The number of rotatable bonds is 4. The van der Waals surface area contributed by atoms with Crippen LogP contribution in [0, 0.1) is 15.9 Å². The summed E-state index contributed by atoms with van der Waals surface area (Å²) in [5.41, 5.74) is -1.37. The summed E-state index contributed by atoms with van der Waals surface area (Å²) in [6, 6.07) is 2.91. The SMILES string of the molecule is O=C(NC1(CO)CCCCC1)c1ccc([N+](=O)[O-])cc1F. The van der Waals surface area contributed by atoms with Crippen molar-refractivity contribution in [3.63, 3.8) is 0 Å². The van der Waals surface area contributed by atoms with E-state index in [0.717, 1.165) is 37.5 Å². The van der Waals surface area contributed by atoms with Crippen molar-refractivity contribution in [3.05, 3.63) is 39.7 Å². The van der Waals surface area contributed by atoms with Gasteiger partial charge < -0.3 is 10.4 Å². The first kappa shape index (κ1) is 15.4. The van der Waals surface area contributed by atoms with Gasteiger partial charge in [0.2, 0.25) is 0 Å². The zero-order chi connectivity index (χ0) is 15.5. The molecule has 0 radical (unpaired) electrons. The predicted octanol–water partition coefficient (Wildman–Crippen LogP) is 2.16. The molecule has 1 aliphatic rings. The van der Waals surface area contributed by atoms with Crippen molar-refractivity contribution in [3.8, 4) is 0 Å². The van der Waals surface area contributed by atoms with E-state index < -0.39 is 27.9 Å². The van der Waals surface area contributed by atoms with Gasteiger partial charge in [0.1, 0.15) is 5.82 Å². The van der Waals surface area contributed by atoms with Crippen molar-refractivity contribution in [1.82, 2.24) is 5.32 Å². The Morgan fingerprint density at radius 1 is 1.38 bits per heavy atom. The number of carbonyl (C=O) groups excluding carboxylic acids is 1. The van der Waals surface area contributed by atoms with Crippen molar-refractivity contribution < 1.29 is 19.2 Å². The van der Waals surface area contributed by atoms with E-state index in [4.69, 9.17) is 0 Å². The number of nitro benzene ring substituents is 1. The summed E-state index contributed by atoms with van der Waals surface area (Å²) in [6.07, 6.45) is 4.12. The van der Waals surface area contributed by atoms with Gasteiger partial charge in [-0.25, -0.2) is 4.39 Å². The molecule has 0 spiro atoms. The average Bonchev–Trinajstić information content (AvgIpc) is 2.47. The molecule has 0 unspecified atom stereocenters. The van der Waals surface area contributed by atoms with E-state index in [9.17, 15) is 24.4 Å². The number of amides is 1. The van der Waals surface area contributed by atoms with Crippen LogP contribution >= 0.6 is 0 Å². The second-order valence-corrected chi connectivity index (χ2v) is 5.37. The standard InChI is InChI=1S/C14H17FN2O4/c15-12-8-10(17(20)21)4-5-11(12)13(19)16-14(9-18)6-2-1-3-7-14/h4-5,8,18H,1-3,6-7,9H2,(H,16,19). The summed E-state index contributed by atoms with van der Waals surface area (Å²) in [4.78, 5) is 22.0. The number of hydrogen-bond acceptors (Lipinski definition) is 4. The van der Waals surface area contributed by atoms with Crippen molar-refractivity contribution in [1.29, 1.82) is 0 Å². The summed E-state index contributed by atoms with van der Waals surface area (Å²) in [5.74, 6) is -1.59. The third-order valence-corrected chi connectivity index (χ3v) is 3.90. The Morgan fingerprint density at radius 3 is 2.57 bits per heavy atom. The fraction of sp³-hybridized carbons (Fsp3) is 0.500. The molecule has 2 rings (SSSR count). The van der Waals surface area contributed by atoms with E-state index in [1.54, 1.807) is 0 Å². The number of halogens is 1. The Labute approximate surface area is 121 Å². The van der Waals surface area contributed by atoms with Crippen LogP contribution in [0.4, 0.5) is 10.1 Å². The number of non-ortho nitro benzene ring substituents is 1. The van der Waals surface area contributed by atoms with Gasteiger partial charge in [0.25, 0.3) is 11.6 Å². The van der Waals surface area contributed by atoms with Gasteiger partial charge in [0, 0.05) is 6.07 Å². The molecule has 1 saturated carbocycles. The van der Waals surface area contributed by atoms with E-state index in [2.05, 4.69) is 5.32 Å². The van der Waals surface area contributed by atoms with Crippen molar-refractivity contribution in [2.24, 2.45) is 0 Å². The molecular weight excluding hydrogens is 279 g/mol. The molecule has 6 nitrogen and oxygen atoms in total.